The minimum atomic E-state index is -5.05. The predicted molar refractivity (Wildman–Crippen MR) is 230 cm³/mol. The topological polar surface area (TPSA) is 192 Å². The first-order valence-electron chi connectivity index (χ1n) is 21.1. The van der Waals surface area contributed by atoms with E-state index in [-0.39, 0.29) is 19.6 Å². The number of hydrogen-bond acceptors (Lipinski definition) is 11. The van der Waals surface area contributed by atoms with Crippen LogP contribution in [0.4, 0.5) is 0 Å². The molecule has 0 aromatic carbocycles. The van der Waals surface area contributed by atoms with Gasteiger partial charge in [0.15, 0.2) is 0 Å². The van der Waals surface area contributed by atoms with Crippen LogP contribution in [0.25, 0.3) is 0 Å². The van der Waals surface area contributed by atoms with Crippen LogP contribution in [0.2, 0.25) is 0 Å². The number of ether oxygens (including phenoxy) is 2. The molecule has 0 radical (unpaired) electrons. The monoisotopic (exact) mass is 836 g/mol. The molecule has 0 heterocycles. The van der Waals surface area contributed by atoms with Crippen molar-refractivity contribution in [1.29, 1.82) is 0 Å². The third kappa shape index (κ3) is 27.1. The van der Waals surface area contributed by atoms with Crippen molar-refractivity contribution in [2.75, 3.05) is 19.8 Å². The van der Waals surface area contributed by atoms with E-state index >= 15 is 0 Å². The summed E-state index contributed by atoms with van der Waals surface area (Å²) in [6.45, 7) is 3.76. The first kappa shape index (κ1) is 53.3. The number of aliphatic hydroxyl groups excluding tert-OH is 5. The first-order valence-corrected chi connectivity index (χ1v) is 22.6. The van der Waals surface area contributed by atoms with Gasteiger partial charge in [-0.15, -0.1) is 0 Å². The predicted octanol–water partition coefficient (Wildman–Crippen LogP) is 7.97. The van der Waals surface area contributed by atoms with E-state index in [0.717, 1.165) is 83.5 Å². The Bertz CT molecular complexity index is 1320. The van der Waals surface area contributed by atoms with Crippen molar-refractivity contribution in [3.63, 3.8) is 0 Å². The molecule has 0 bridgehead atoms. The zero-order valence-corrected chi connectivity index (χ0v) is 35.7. The van der Waals surface area contributed by atoms with Crippen molar-refractivity contribution in [1.82, 2.24) is 0 Å². The Kier molecular flexibility index (Phi) is 32.2. The fourth-order valence-electron chi connectivity index (χ4n) is 5.67. The maximum absolute atomic E-state index is 12.8. The fraction of sp³-hybridized carbons (Fsp3) is 0.622. The molecule has 0 saturated heterocycles. The summed E-state index contributed by atoms with van der Waals surface area (Å²) in [7, 11) is -5.05. The van der Waals surface area contributed by atoms with Crippen molar-refractivity contribution in [2.24, 2.45) is 0 Å². The van der Waals surface area contributed by atoms with Crippen LogP contribution in [0, 0.1) is 0 Å². The summed E-state index contributed by atoms with van der Waals surface area (Å²) in [6.07, 6.45) is 35.0. The highest BCUT2D eigenvalue weighted by atomic mass is 31.2. The van der Waals surface area contributed by atoms with E-state index in [1.54, 1.807) is 0 Å². The lowest BCUT2D eigenvalue weighted by atomic mass is 9.85. The first-order chi connectivity index (χ1) is 28.0. The summed E-state index contributed by atoms with van der Waals surface area (Å²) in [4.78, 5) is 23.1. The van der Waals surface area contributed by atoms with Gasteiger partial charge in [-0.05, 0) is 77.0 Å². The lowest BCUT2D eigenvalue weighted by Gasteiger charge is -2.41. The third-order valence-corrected chi connectivity index (χ3v) is 9.96. The van der Waals surface area contributed by atoms with Gasteiger partial charge in [0.25, 0.3) is 0 Å². The number of carbonyl (C=O) groups excluding carboxylic acids is 1. The van der Waals surface area contributed by atoms with Crippen molar-refractivity contribution in [3.05, 3.63) is 97.2 Å². The number of allylic oxidation sites excluding steroid dienone is 15. The highest BCUT2D eigenvalue weighted by Gasteiger charge is 2.51. The molecule has 1 fully saturated rings. The molecule has 0 aromatic heterocycles. The molecule has 0 spiro atoms. The molecule has 1 aliphatic rings. The van der Waals surface area contributed by atoms with Crippen LogP contribution in [0.3, 0.4) is 0 Å². The van der Waals surface area contributed by atoms with E-state index in [4.69, 9.17) is 18.5 Å². The highest BCUT2D eigenvalue weighted by molar-refractivity contribution is 7.47. The molecule has 1 saturated carbocycles. The summed E-state index contributed by atoms with van der Waals surface area (Å²) in [5.74, 6) is -0.525. The SMILES string of the molecule is CC/C=C\C/C=C\C/C=C\C/C=C\C/C=C\CCOCC(COP(=O)(O)OC1C(O)C(O)C(O)C(O)C1O)OC(=O)CCCCCCC/C=C\C/C=C\C/C=C\CC. The van der Waals surface area contributed by atoms with Gasteiger partial charge in [0.1, 0.15) is 42.7 Å². The van der Waals surface area contributed by atoms with Gasteiger partial charge < -0.3 is 39.9 Å². The number of unbranched alkanes of at least 4 members (excludes halogenated alkanes) is 5. The quantitative estimate of drug-likeness (QED) is 0.0162. The van der Waals surface area contributed by atoms with Crippen LogP contribution < -0.4 is 0 Å². The average molecular weight is 837 g/mol. The second kappa shape index (κ2) is 35.1. The molecule has 12 nitrogen and oxygen atoms in total. The van der Waals surface area contributed by atoms with Crippen LogP contribution in [0.5, 0.6) is 0 Å². The molecule has 1 aliphatic carbocycles. The zero-order valence-electron chi connectivity index (χ0n) is 34.8. The second-order valence-electron chi connectivity index (χ2n) is 14.1. The van der Waals surface area contributed by atoms with Gasteiger partial charge in [-0.3, -0.25) is 13.8 Å². The fourth-order valence-corrected chi connectivity index (χ4v) is 6.64. The molecule has 6 N–H and O–H groups in total. The molecular formula is C45H73O12P. The normalized spacial score (nSPS) is 23.7. The van der Waals surface area contributed by atoms with Crippen LogP contribution in [-0.2, 0) is 27.9 Å². The van der Waals surface area contributed by atoms with E-state index in [1.165, 1.54) is 0 Å². The summed E-state index contributed by atoms with van der Waals surface area (Å²) in [5, 5.41) is 50.1. The molecule has 0 aliphatic heterocycles. The number of carbonyl (C=O) groups is 1. The summed E-state index contributed by atoms with van der Waals surface area (Å²) < 4.78 is 33.9. The molecular weight excluding hydrogens is 763 g/mol. The Hall–Kier alpha value is -2.74. The van der Waals surface area contributed by atoms with Crippen LogP contribution in [-0.4, -0.2) is 98.9 Å². The van der Waals surface area contributed by atoms with Crippen LogP contribution in [0.1, 0.15) is 117 Å². The third-order valence-electron chi connectivity index (χ3n) is 8.97. The van der Waals surface area contributed by atoms with Crippen molar-refractivity contribution < 1.29 is 58.3 Å². The largest absolute Gasteiger partial charge is 0.472 e. The smallest absolute Gasteiger partial charge is 0.457 e. The average Bonchev–Trinajstić information content (AvgIpc) is 3.21. The molecule has 6 unspecified atom stereocenters. The van der Waals surface area contributed by atoms with Crippen molar-refractivity contribution in [3.8, 4) is 0 Å². The van der Waals surface area contributed by atoms with Crippen molar-refractivity contribution >= 4 is 13.8 Å². The van der Waals surface area contributed by atoms with Gasteiger partial charge in [0.05, 0.1) is 19.8 Å². The Morgan fingerprint density at radius 3 is 1.47 bits per heavy atom. The lowest BCUT2D eigenvalue weighted by Crippen LogP contribution is -2.64. The number of rotatable bonds is 33. The molecule has 0 aromatic rings. The van der Waals surface area contributed by atoms with E-state index in [1.807, 2.05) is 12.2 Å². The summed E-state index contributed by atoms with van der Waals surface area (Å²) in [5.41, 5.74) is 0. The maximum atomic E-state index is 12.8. The molecule has 6 atom stereocenters. The molecule has 330 valence electrons. The van der Waals surface area contributed by atoms with E-state index in [2.05, 4.69) is 98.9 Å². The van der Waals surface area contributed by atoms with E-state index < -0.39 is 63.1 Å². The molecule has 58 heavy (non-hydrogen) atoms. The van der Waals surface area contributed by atoms with Gasteiger partial charge in [-0.25, -0.2) is 4.57 Å². The summed E-state index contributed by atoms with van der Waals surface area (Å²) in [6, 6.07) is 0. The molecule has 0 amide bonds. The van der Waals surface area contributed by atoms with Gasteiger partial charge in [-0.1, -0.05) is 130 Å². The Balaban J connectivity index is 2.52. The standard InChI is InChI=1S/C45H73O12P/c1-3-5-7-9-11-13-15-17-19-21-23-25-27-29-31-33-35-54-36-38(37-55-58(52,53)57-45-43(50)41(48)40(47)42(49)44(45)51)56-39(46)34-32-30-28-26-24-22-20-18-16-14-12-10-8-6-4-2/h5-8,11-14,17-20,23,25,29,31,38,40-45,47-51H,3-4,9-10,15-16,21-22,24,26-28,30,32-37H2,1-2H3,(H,52,53)/b7-5-,8-6-,13-11-,14-12-,19-17-,20-18-,25-23-,31-29-. The van der Waals surface area contributed by atoms with Crippen LogP contribution >= 0.6 is 7.82 Å². The number of phosphoric acid groups is 1. The van der Waals surface area contributed by atoms with Crippen molar-refractivity contribution in [2.45, 2.75) is 159 Å². The van der Waals surface area contributed by atoms with Gasteiger partial charge in [-0.2, -0.15) is 0 Å². The minimum Gasteiger partial charge on any atom is -0.457 e. The number of aliphatic hydroxyl groups is 5. The zero-order chi connectivity index (χ0) is 42.7. The maximum Gasteiger partial charge on any atom is 0.472 e. The molecule has 13 heteroatoms. The Morgan fingerprint density at radius 1 is 0.552 bits per heavy atom. The number of esters is 1. The second-order valence-corrected chi connectivity index (χ2v) is 15.5. The molecule has 1 rings (SSSR count). The highest BCUT2D eigenvalue weighted by Crippen LogP contribution is 2.47. The number of hydrogen-bond donors (Lipinski definition) is 6. The van der Waals surface area contributed by atoms with Gasteiger partial charge in [0.2, 0.25) is 0 Å². The minimum absolute atomic E-state index is 0.141. The Morgan fingerprint density at radius 2 is 0.966 bits per heavy atom. The lowest BCUT2D eigenvalue weighted by molar-refractivity contribution is -0.220. The van der Waals surface area contributed by atoms with E-state index in [0.29, 0.717) is 12.8 Å². The summed E-state index contributed by atoms with van der Waals surface area (Å²) >= 11 is 0. The Labute approximate surface area is 347 Å². The van der Waals surface area contributed by atoms with E-state index in [9.17, 15) is 39.8 Å². The van der Waals surface area contributed by atoms with Crippen LogP contribution in [0.15, 0.2) is 97.2 Å². The van der Waals surface area contributed by atoms with Gasteiger partial charge >= 0.3 is 13.8 Å². The number of phosphoric ester groups is 1. The van der Waals surface area contributed by atoms with Gasteiger partial charge in [0, 0.05) is 6.42 Å².